The number of nitrogens with zero attached hydrogens (tertiary/aromatic N) is 1. The first kappa shape index (κ1) is 18.9. The normalized spacial score (nSPS) is 15.3. The van der Waals surface area contributed by atoms with Gasteiger partial charge in [0.15, 0.2) is 0 Å². The largest absolute Gasteiger partial charge is 0.378 e. The number of hydrogen-bond acceptors (Lipinski definition) is 2. The summed E-state index contributed by atoms with van der Waals surface area (Å²) in [6, 6.07) is 24.2. The van der Waals surface area contributed by atoms with E-state index in [1.54, 1.807) is 0 Å². The minimum Gasteiger partial charge on any atom is -0.378 e. The summed E-state index contributed by atoms with van der Waals surface area (Å²) in [5.74, 6) is 0. The maximum absolute atomic E-state index is 6.15. The molecule has 3 heteroatoms. The standard InChI is InChI=1S/C25H27ClN2/c1-3-18-7-9-19(10-8-18)17-28(2)23-13-11-20-12-14-25(24(20)16-23)27-22-6-4-5-21(26)15-22/h4-11,13,15-16,25,27H,3,12,14,17H2,1-2H3. The number of aryl methyl sites for hydroxylation is 2. The number of nitrogens with one attached hydrogen (secondary N) is 1. The van der Waals surface area contributed by atoms with E-state index >= 15 is 0 Å². The molecule has 0 bridgehead atoms. The average Bonchev–Trinajstić information content (AvgIpc) is 3.10. The Morgan fingerprint density at radius 1 is 1.00 bits per heavy atom. The first-order valence-corrected chi connectivity index (χ1v) is 10.4. The maximum Gasteiger partial charge on any atom is 0.0520 e. The van der Waals surface area contributed by atoms with Crippen LogP contribution in [-0.4, -0.2) is 7.05 Å². The van der Waals surface area contributed by atoms with Crippen molar-refractivity contribution in [3.8, 4) is 0 Å². The second-order valence-corrected chi connectivity index (χ2v) is 8.09. The molecule has 1 atom stereocenters. The molecule has 0 amide bonds. The van der Waals surface area contributed by atoms with Gasteiger partial charge in [-0.25, -0.2) is 0 Å². The maximum atomic E-state index is 6.15. The molecule has 0 saturated carbocycles. The minimum absolute atomic E-state index is 0.339. The van der Waals surface area contributed by atoms with Crippen LogP contribution in [0.5, 0.6) is 0 Å². The molecule has 1 unspecified atom stereocenters. The summed E-state index contributed by atoms with van der Waals surface area (Å²) in [5.41, 5.74) is 7.93. The van der Waals surface area contributed by atoms with Crippen LogP contribution < -0.4 is 10.2 Å². The molecule has 0 aliphatic heterocycles. The summed E-state index contributed by atoms with van der Waals surface area (Å²) < 4.78 is 0. The van der Waals surface area contributed by atoms with E-state index < -0.39 is 0 Å². The average molecular weight is 391 g/mol. The number of fused-ring (bicyclic) bond motifs is 1. The van der Waals surface area contributed by atoms with Crippen LogP contribution >= 0.6 is 11.6 Å². The van der Waals surface area contributed by atoms with Crippen molar-refractivity contribution in [2.75, 3.05) is 17.3 Å². The van der Waals surface area contributed by atoms with Gasteiger partial charge in [-0.1, -0.05) is 54.9 Å². The summed E-state index contributed by atoms with van der Waals surface area (Å²) in [5, 5.41) is 4.43. The van der Waals surface area contributed by atoms with Gasteiger partial charge < -0.3 is 10.2 Å². The van der Waals surface area contributed by atoms with E-state index in [-0.39, 0.29) is 0 Å². The SMILES string of the molecule is CCc1ccc(CN(C)c2ccc3c(c2)C(Nc2cccc(Cl)c2)CC3)cc1. The van der Waals surface area contributed by atoms with E-state index in [9.17, 15) is 0 Å². The highest BCUT2D eigenvalue weighted by Gasteiger charge is 2.23. The smallest absolute Gasteiger partial charge is 0.0520 e. The third-order valence-corrected chi connectivity index (χ3v) is 5.90. The molecule has 0 fully saturated rings. The second kappa shape index (κ2) is 8.28. The summed E-state index contributed by atoms with van der Waals surface area (Å²) in [4.78, 5) is 2.33. The number of anilines is 2. The van der Waals surface area contributed by atoms with Crippen molar-refractivity contribution >= 4 is 23.0 Å². The Kier molecular flexibility index (Phi) is 5.59. The van der Waals surface area contributed by atoms with Crippen molar-refractivity contribution < 1.29 is 0 Å². The Morgan fingerprint density at radius 3 is 2.54 bits per heavy atom. The number of hydrogen-bond donors (Lipinski definition) is 1. The fourth-order valence-electron chi connectivity index (χ4n) is 4.00. The van der Waals surface area contributed by atoms with Crippen LogP contribution in [0.4, 0.5) is 11.4 Å². The van der Waals surface area contributed by atoms with Gasteiger partial charge in [-0.2, -0.15) is 0 Å². The predicted molar refractivity (Wildman–Crippen MR) is 121 cm³/mol. The topological polar surface area (TPSA) is 15.3 Å². The molecule has 3 aromatic carbocycles. The summed E-state index contributed by atoms with van der Waals surface area (Å²) >= 11 is 6.15. The van der Waals surface area contributed by atoms with Gasteiger partial charge >= 0.3 is 0 Å². The first-order valence-electron chi connectivity index (χ1n) is 10.1. The Hall–Kier alpha value is -2.45. The highest BCUT2D eigenvalue weighted by Crippen LogP contribution is 2.36. The molecule has 0 aromatic heterocycles. The lowest BCUT2D eigenvalue weighted by atomic mass is 10.1. The molecular weight excluding hydrogens is 364 g/mol. The van der Waals surface area contributed by atoms with E-state index in [1.807, 2.05) is 18.2 Å². The monoisotopic (exact) mass is 390 g/mol. The summed E-state index contributed by atoms with van der Waals surface area (Å²) in [6.07, 6.45) is 3.32. The van der Waals surface area contributed by atoms with Gasteiger partial charge in [0.25, 0.3) is 0 Å². The van der Waals surface area contributed by atoms with E-state index in [0.29, 0.717) is 6.04 Å². The van der Waals surface area contributed by atoms with Gasteiger partial charge in [0.05, 0.1) is 6.04 Å². The van der Waals surface area contributed by atoms with Crippen LogP contribution in [0.1, 0.15) is 41.6 Å². The molecule has 4 rings (SSSR count). The second-order valence-electron chi connectivity index (χ2n) is 7.66. The van der Waals surface area contributed by atoms with Crippen LogP contribution in [0, 0.1) is 0 Å². The molecule has 144 valence electrons. The van der Waals surface area contributed by atoms with Crippen LogP contribution in [0.2, 0.25) is 5.02 Å². The lowest BCUT2D eigenvalue weighted by molar-refractivity contribution is 0.761. The number of halogens is 1. The van der Waals surface area contributed by atoms with Crippen LogP contribution in [0.3, 0.4) is 0 Å². The van der Waals surface area contributed by atoms with E-state index in [2.05, 4.69) is 72.7 Å². The Balaban J connectivity index is 1.50. The van der Waals surface area contributed by atoms with Gasteiger partial charge in [0, 0.05) is 30.0 Å². The quantitative estimate of drug-likeness (QED) is 0.507. The number of rotatable bonds is 6. The highest BCUT2D eigenvalue weighted by atomic mass is 35.5. The minimum atomic E-state index is 0.339. The Morgan fingerprint density at radius 2 is 1.79 bits per heavy atom. The first-order chi connectivity index (χ1) is 13.6. The molecule has 28 heavy (non-hydrogen) atoms. The van der Waals surface area contributed by atoms with Crippen molar-refractivity contribution in [2.24, 2.45) is 0 Å². The zero-order valence-electron chi connectivity index (χ0n) is 16.6. The van der Waals surface area contributed by atoms with Gasteiger partial charge in [-0.05, 0) is 71.8 Å². The molecule has 0 saturated heterocycles. The van der Waals surface area contributed by atoms with Crippen LogP contribution in [0.15, 0.2) is 66.7 Å². The van der Waals surface area contributed by atoms with Crippen LogP contribution in [0.25, 0.3) is 0 Å². The molecule has 0 spiro atoms. The third kappa shape index (κ3) is 4.18. The molecular formula is C25H27ClN2. The Bertz CT molecular complexity index is 949. The van der Waals surface area contributed by atoms with E-state index in [1.165, 1.54) is 27.9 Å². The Labute approximate surface area is 173 Å². The summed E-state index contributed by atoms with van der Waals surface area (Å²) in [7, 11) is 2.17. The van der Waals surface area contributed by atoms with Crippen molar-refractivity contribution in [3.63, 3.8) is 0 Å². The third-order valence-electron chi connectivity index (χ3n) is 5.66. The number of benzene rings is 3. The molecule has 0 radical (unpaired) electrons. The predicted octanol–water partition coefficient (Wildman–Crippen LogP) is 6.64. The van der Waals surface area contributed by atoms with Crippen molar-refractivity contribution in [1.29, 1.82) is 0 Å². The molecule has 0 heterocycles. The molecule has 2 nitrogen and oxygen atoms in total. The molecule has 1 aliphatic carbocycles. The van der Waals surface area contributed by atoms with Gasteiger partial charge in [-0.15, -0.1) is 0 Å². The van der Waals surface area contributed by atoms with E-state index in [0.717, 1.165) is 36.5 Å². The zero-order valence-corrected chi connectivity index (χ0v) is 17.3. The summed E-state index contributed by atoms with van der Waals surface area (Å²) in [6.45, 7) is 3.11. The van der Waals surface area contributed by atoms with Gasteiger partial charge in [0.1, 0.15) is 0 Å². The lowest BCUT2D eigenvalue weighted by Crippen LogP contribution is -2.17. The van der Waals surface area contributed by atoms with Crippen molar-refractivity contribution in [3.05, 3.63) is 94.0 Å². The molecule has 1 aliphatic rings. The molecule has 3 aromatic rings. The molecule has 1 N–H and O–H groups in total. The van der Waals surface area contributed by atoms with Gasteiger partial charge in [0.2, 0.25) is 0 Å². The fraction of sp³-hybridized carbons (Fsp3) is 0.280. The van der Waals surface area contributed by atoms with E-state index in [4.69, 9.17) is 11.6 Å². The highest BCUT2D eigenvalue weighted by molar-refractivity contribution is 6.30. The zero-order chi connectivity index (χ0) is 19.5. The fourth-order valence-corrected chi connectivity index (χ4v) is 4.19. The van der Waals surface area contributed by atoms with Crippen LogP contribution in [-0.2, 0) is 19.4 Å². The van der Waals surface area contributed by atoms with Gasteiger partial charge in [-0.3, -0.25) is 0 Å². The lowest BCUT2D eigenvalue weighted by Gasteiger charge is -2.22. The van der Waals surface area contributed by atoms with Crippen molar-refractivity contribution in [1.82, 2.24) is 0 Å². The van der Waals surface area contributed by atoms with Crippen molar-refractivity contribution in [2.45, 2.75) is 38.8 Å².